The molecule has 0 nitrogen and oxygen atoms in total. The molecule has 0 aromatic heterocycles. The van der Waals surface area contributed by atoms with E-state index in [2.05, 4.69) is 62.3 Å². The second-order valence-electron chi connectivity index (χ2n) is 6.63. The average Bonchev–Trinajstić information content (AvgIpc) is 2.26. The monoisotopic (exact) mass is 451 g/mol. The third kappa shape index (κ3) is 79.7. The number of hydrogen-bond acceptors (Lipinski definition) is 0. The molecule has 0 heteroatoms. The van der Waals surface area contributed by atoms with Crippen LogP contribution in [0.3, 0.4) is 0 Å². The fraction of sp³-hybridized carbons (Fsp3) is 1.00. The summed E-state index contributed by atoms with van der Waals surface area (Å²) in [5, 5.41) is 0. The van der Waals surface area contributed by atoms with Gasteiger partial charge in [0.2, 0.25) is 0 Å². The fourth-order valence-electron chi connectivity index (χ4n) is 2.00. The van der Waals surface area contributed by atoms with E-state index in [0.717, 1.165) is 29.6 Å². The molecule has 0 aromatic rings. The van der Waals surface area contributed by atoms with Gasteiger partial charge in [-0.2, -0.15) is 0 Å². The Hall–Kier alpha value is 0. The van der Waals surface area contributed by atoms with Crippen molar-refractivity contribution in [1.82, 2.24) is 0 Å². The lowest BCUT2D eigenvalue weighted by molar-refractivity contribution is 0.289. The molecule has 0 aliphatic rings. The minimum absolute atomic E-state index is 0. The van der Waals surface area contributed by atoms with Crippen LogP contribution in [0.5, 0.6) is 0 Å². The molecule has 210 valence electrons. The van der Waals surface area contributed by atoms with Crippen LogP contribution in [0, 0.1) is 29.6 Å². The van der Waals surface area contributed by atoms with E-state index < -0.39 is 0 Å². The van der Waals surface area contributed by atoms with Crippen molar-refractivity contribution in [3.63, 3.8) is 0 Å². The highest BCUT2D eigenvalue weighted by Gasteiger charge is 2.12. The van der Waals surface area contributed by atoms with Gasteiger partial charge in [0.15, 0.2) is 0 Å². The van der Waals surface area contributed by atoms with Crippen LogP contribution in [0.2, 0.25) is 0 Å². The lowest BCUT2D eigenvalue weighted by Crippen LogP contribution is -2.12. The molecule has 0 spiro atoms. The number of rotatable bonds is 6. The SMILES string of the molecule is C.C.C.C.C.C.C.C.C.C.C.C.C.CCC(C)C(C)C(C)C.CCC(C)CC(C)C. The van der Waals surface area contributed by atoms with Crippen molar-refractivity contribution < 1.29 is 0 Å². The standard InChI is InChI=1S/C9H20.C8H18.13CH4/c1-6-8(4)9(5)7(2)3;1-5-8(4)6-7(2)3;;;;;;;;;;;;;/h7-9H,6H2,1-5H3;7-8H,5-6H2,1-4H3;13*1H4. The minimum atomic E-state index is 0. The molecule has 3 atom stereocenters. The second-order valence-corrected chi connectivity index (χ2v) is 6.63. The van der Waals surface area contributed by atoms with Crippen molar-refractivity contribution in [2.24, 2.45) is 29.6 Å². The van der Waals surface area contributed by atoms with E-state index in [-0.39, 0.29) is 96.5 Å². The maximum atomic E-state index is 2.35. The molecular formula is C30H90. The highest BCUT2D eigenvalue weighted by molar-refractivity contribution is 4.62. The first-order valence-electron chi connectivity index (χ1n) is 7.76. The maximum Gasteiger partial charge on any atom is -0.0394 e. The molecule has 0 fully saturated rings. The largest absolute Gasteiger partial charge is 0.0776 e. The van der Waals surface area contributed by atoms with E-state index in [9.17, 15) is 0 Å². The zero-order valence-corrected chi connectivity index (χ0v) is 14.0. The lowest BCUT2D eigenvalue weighted by atomic mass is 9.85. The molecule has 0 bridgehead atoms. The summed E-state index contributed by atoms with van der Waals surface area (Å²) in [4.78, 5) is 0. The first-order chi connectivity index (χ1) is 7.76. The molecule has 0 aromatic carbocycles. The van der Waals surface area contributed by atoms with Crippen molar-refractivity contribution in [3.8, 4) is 0 Å². The van der Waals surface area contributed by atoms with Crippen LogP contribution in [-0.4, -0.2) is 0 Å². The summed E-state index contributed by atoms with van der Waals surface area (Å²) >= 11 is 0. The Kier molecular flexibility index (Phi) is 262. The fourth-order valence-corrected chi connectivity index (χ4v) is 2.00. The Morgan fingerprint density at radius 1 is 0.433 bits per heavy atom. The van der Waals surface area contributed by atoms with Crippen LogP contribution < -0.4 is 0 Å². The van der Waals surface area contributed by atoms with Crippen LogP contribution in [0.4, 0.5) is 0 Å². The molecule has 0 saturated heterocycles. The van der Waals surface area contributed by atoms with Crippen LogP contribution in [0.25, 0.3) is 0 Å². The summed E-state index contributed by atoms with van der Waals surface area (Å²) in [5.74, 6) is 4.43. The third-order valence-corrected chi connectivity index (χ3v) is 4.16. The Labute approximate surface area is 207 Å². The molecule has 0 aliphatic carbocycles. The van der Waals surface area contributed by atoms with Gasteiger partial charge in [0.05, 0.1) is 0 Å². The van der Waals surface area contributed by atoms with Crippen molar-refractivity contribution >= 4 is 0 Å². The molecular weight excluding hydrogens is 360 g/mol. The van der Waals surface area contributed by atoms with Gasteiger partial charge >= 0.3 is 0 Å². The van der Waals surface area contributed by atoms with Crippen LogP contribution >= 0.6 is 0 Å². The predicted octanol–water partition coefficient (Wildman–Crippen LogP) is 14.7. The van der Waals surface area contributed by atoms with E-state index in [1.807, 2.05) is 0 Å². The van der Waals surface area contributed by atoms with E-state index >= 15 is 0 Å². The van der Waals surface area contributed by atoms with E-state index in [4.69, 9.17) is 0 Å². The maximum absolute atomic E-state index is 2.35. The molecule has 0 N–H and O–H groups in total. The predicted molar refractivity (Wildman–Crippen MR) is 170 cm³/mol. The Morgan fingerprint density at radius 2 is 0.700 bits per heavy atom. The molecule has 0 saturated carbocycles. The van der Waals surface area contributed by atoms with Gasteiger partial charge in [0.1, 0.15) is 0 Å². The minimum Gasteiger partial charge on any atom is -0.0776 e. The van der Waals surface area contributed by atoms with Gasteiger partial charge in [-0.3, -0.25) is 0 Å². The van der Waals surface area contributed by atoms with Crippen molar-refractivity contribution in [2.45, 2.75) is 178 Å². The van der Waals surface area contributed by atoms with Crippen molar-refractivity contribution in [3.05, 3.63) is 0 Å². The Balaban J connectivity index is -0.00000000807. The normalized spacial score (nSPS) is 9.30. The first-order valence-corrected chi connectivity index (χ1v) is 7.76. The molecule has 0 amide bonds. The summed E-state index contributed by atoms with van der Waals surface area (Å²) < 4.78 is 0. The van der Waals surface area contributed by atoms with Crippen molar-refractivity contribution in [2.75, 3.05) is 0 Å². The smallest absolute Gasteiger partial charge is 0.0394 e. The summed E-state index contributed by atoms with van der Waals surface area (Å²) in [5.41, 5.74) is 0. The van der Waals surface area contributed by atoms with E-state index in [1.54, 1.807) is 0 Å². The Bertz CT molecular complexity index is 146. The highest BCUT2D eigenvalue weighted by atomic mass is 14.2. The summed E-state index contributed by atoms with van der Waals surface area (Å²) in [6, 6.07) is 0. The Morgan fingerprint density at radius 3 is 0.767 bits per heavy atom. The van der Waals surface area contributed by atoms with Crippen LogP contribution in [0.15, 0.2) is 0 Å². The van der Waals surface area contributed by atoms with Gasteiger partial charge in [0, 0.05) is 0 Å². The first kappa shape index (κ1) is 112. The van der Waals surface area contributed by atoms with Gasteiger partial charge in [-0.25, -0.2) is 0 Å². The van der Waals surface area contributed by atoms with Gasteiger partial charge in [0.25, 0.3) is 0 Å². The topological polar surface area (TPSA) is 0 Å². The number of hydrogen-bond donors (Lipinski definition) is 0. The van der Waals surface area contributed by atoms with Gasteiger partial charge in [-0.15, -0.1) is 0 Å². The summed E-state index contributed by atoms with van der Waals surface area (Å²) in [6.07, 6.45) is 4.04. The highest BCUT2D eigenvalue weighted by Crippen LogP contribution is 2.21. The molecule has 0 rings (SSSR count). The van der Waals surface area contributed by atoms with Crippen LogP contribution in [-0.2, 0) is 0 Å². The van der Waals surface area contributed by atoms with Gasteiger partial charge in [-0.1, -0.05) is 172 Å². The molecule has 30 heavy (non-hydrogen) atoms. The van der Waals surface area contributed by atoms with E-state index in [1.165, 1.54) is 19.3 Å². The lowest BCUT2D eigenvalue weighted by Gasteiger charge is -2.21. The molecule has 0 aliphatic heterocycles. The summed E-state index contributed by atoms with van der Waals surface area (Å²) in [7, 11) is 0. The van der Waals surface area contributed by atoms with Crippen LogP contribution in [0.1, 0.15) is 178 Å². The zero-order chi connectivity index (χ0) is 14.0. The second kappa shape index (κ2) is 70.2. The van der Waals surface area contributed by atoms with Crippen molar-refractivity contribution in [1.29, 1.82) is 0 Å². The molecule has 3 unspecified atom stereocenters. The molecule has 0 heterocycles. The molecule has 0 radical (unpaired) electrons. The third-order valence-electron chi connectivity index (χ3n) is 4.16. The quantitative estimate of drug-likeness (QED) is 0.377. The average molecular weight is 451 g/mol. The van der Waals surface area contributed by atoms with E-state index in [0.29, 0.717) is 0 Å². The van der Waals surface area contributed by atoms with Gasteiger partial charge in [-0.05, 0) is 36.0 Å². The van der Waals surface area contributed by atoms with Gasteiger partial charge < -0.3 is 0 Å². The zero-order valence-electron chi connectivity index (χ0n) is 14.0. The summed E-state index contributed by atoms with van der Waals surface area (Å²) in [6.45, 7) is 20.7.